The standard InChI is InChI=1S/C10H11NO2/c1-7-3-4-9-8(5-7)6-11(2)10(12)13-9/h3-5H,6H2,1-2H3. The molecule has 3 nitrogen and oxygen atoms in total. The number of amides is 1. The quantitative estimate of drug-likeness (QED) is 0.606. The van der Waals surface area contributed by atoms with E-state index >= 15 is 0 Å². The van der Waals surface area contributed by atoms with Crippen molar-refractivity contribution < 1.29 is 9.53 Å². The molecule has 3 heteroatoms. The summed E-state index contributed by atoms with van der Waals surface area (Å²) in [5.41, 5.74) is 2.26. The molecule has 1 aliphatic heterocycles. The molecule has 1 heterocycles. The van der Waals surface area contributed by atoms with Crippen molar-refractivity contribution in [2.45, 2.75) is 13.5 Å². The SMILES string of the molecule is Cc1ccc2c(c1)CN(C)C(=O)O2. The van der Waals surface area contributed by atoms with Crippen molar-refractivity contribution in [2.24, 2.45) is 0 Å². The molecule has 0 spiro atoms. The van der Waals surface area contributed by atoms with Gasteiger partial charge in [0.2, 0.25) is 0 Å². The average molecular weight is 177 g/mol. The molecular formula is C10H11NO2. The van der Waals surface area contributed by atoms with Gasteiger partial charge in [-0.05, 0) is 13.0 Å². The molecule has 1 amide bonds. The lowest BCUT2D eigenvalue weighted by molar-refractivity contribution is 0.150. The number of benzene rings is 1. The lowest BCUT2D eigenvalue weighted by atomic mass is 10.1. The second-order valence-electron chi connectivity index (χ2n) is 3.34. The van der Waals surface area contributed by atoms with Crippen LogP contribution in [0.15, 0.2) is 18.2 Å². The van der Waals surface area contributed by atoms with E-state index in [4.69, 9.17) is 4.74 Å². The smallest absolute Gasteiger partial charge is 0.410 e. The Morgan fingerprint density at radius 3 is 3.00 bits per heavy atom. The van der Waals surface area contributed by atoms with Crippen LogP contribution in [0.4, 0.5) is 4.79 Å². The van der Waals surface area contributed by atoms with Crippen molar-refractivity contribution in [1.82, 2.24) is 4.90 Å². The van der Waals surface area contributed by atoms with Crippen LogP contribution in [-0.2, 0) is 6.54 Å². The highest BCUT2D eigenvalue weighted by atomic mass is 16.6. The van der Waals surface area contributed by atoms with E-state index in [1.165, 1.54) is 5.56 Å². The summed E-state index contributed by atoms with van der Waals surface area (Å²) in [6.07, 6.45) is -0.281. The minimum atomic E-state index is -0.281. The van der Waals surface area contributed by atoms with Gasteiger partial charge in [-0.2, -0.15) is 0 Å². The molecule has 0 aromatic heterocycles. The van der Waals surface area contributed by atoms with Crippen molar-refractivity contribution in [1.29, 1.82) is 0 Å². The zero-order valence-corrected chi connectivity index (χ0v) is 7.70. The van der Waals surface area contributed by atoms with E-state index in [-0.39, 0.29) is 6.09 Å². The molecule has 0 atom stereocenters. The fraction of sp³-hybridized carbons (Fsp3) is 0.300. The minimum Gasteiger partial charge on any atom is -0.410 e. The van der Waals surface area contributed by atoms with Gasteiger partial charge in [-0.15, -0.1) is 0 Å². The van der Waals surface area contributed by atoms with Gasteiger partial charge in [-0.1, -0.05) is 17.7 Å². The number of nitrogens with zero attached hydrogens (tertiary/aromatic N) is 1. The summed E-state index contributed by atoms with van der Waals surface area (Å²) >= 11 is 0. The van der Waals surface area contributed by atoms with Crippen molar-refractivity contribution in [3.8, 4) is 5.75 Å². The molecule has 0 aliphatic carbocycles. The van der Waals surface area contributed by atoms with Crippen LogP contribution in [0.2, 0.25) is 0 Å². The van der Waals surface area contributed by atoms with Gasteiger partial charge in [-0.3, -0.25) is 0 Å². The molecule has 0 saturated heterocycles. The molecule has 0 saturated carbocycles. The monoisotopic (exact) mass is 177 g/mol. The molecule has 0 radical (unpaired) electrons. The van der Waals surface area contributed by atoms with Gasteiger partial charge < -0.3 is 9.64 Å². The van der Waals surface area contributed by atoms with E-state index in [0.29, 0.717) is 12.3 Å². The first-order valence-corrected chi connectivity index (χ1v) is 4.19. The molecule has 0 fully saturated rings. The molecule has 2 rings (SSSR count). The average Bonchev–Trinajstić information content (AvgIpc) is 2.08. The fourth-order valence-corrected chi connectivity index (χ4v) is 1.42. The zero-order chi connectivity index (χ0) is 9.42. The van der Waals surface area contributed by atoms with Gasteiger partial charge in [-0.25, -0.2) is 4.79 Å². The summed E-state index contributed by atoms with van der Waals surface area (Å²) in [6, 6.07) is 5.82. The van der Waals surface area contributed by atoms with E-state index in [0.717, 1.165) is 5.56 Å². The molecule has 0 bridgehead atoms. The van der Waals surface area contributed by atoms with Gasteiger partial charge in [0.1, 0.15) is 5.75 Å². The topological polar surface area (TPSA) is 29.5 Å². The summed E-state index contributed by atoms with van der Waals surface area (Å²) in [7, 11) is 1.73. The largest absolute Gasteiger partial charge is 0.415 e. The highest BCUT2D eigenvalue weighted by molar-refractivity contribution is 5.73. The highest BCUT2D eigenvalue weighted by Gasteiger charge is 2.20. The van der Waals surface area contributed by atoms with E-state index in [1.54, 1.807) is 11.9 Å². The third-order valence-electron chi connectivity index (χ3n) is 2.13. The van der Waals surface area contributed by atoms with Gasteiger partial charge >= 0.3 is 6.09 Å². The number of carbonyl (C=O) groups is 1. The third-order valence-corrected chi connectivity index (χ3v) is 2.13. The summed E-state index contributed by atoms with van der Waals surface area (Å²) in [4.78, 5) is 12.7. The van der Waals surface area contributed by atoms with E-state index in [9.17, 15) is 4.79 Å². The Hall–Kier alpha value is -1.51. The van der Waals surface area contributed by atoms with Crippen molar-refractivity contribution >= 4 is 6.09 Å². The number of carbonyl (C=O) groups excluding carboxylic acids is 1. The van der Waals surface area contributed by atoms with Crippen LogP contribution < -0.4 is 4.74 Å². The number of fused-ring (bicyclic) bond motifs is 1. The Morgan fingerprint density at radius 2 is 2.23 bits per heavy atom. The van der Waals surface area contributed by atoms with Crippen LogP contribution in [0.3, 0.4) is 0 Å². The Labute approximate surface area is 76.9 Å². The number of hydrogen-bond donors (Lipinski definition) is 0. The van der Waals surface area contributed by atoms with E-state index in [2.05, 4.69) is 0 Å². The number of ether oxygens (including phenoxy) is 1. The molecule has 0 N–H and O–H groups in total. The normalized spacial score (nSPS) is 15.2. The number of rotatable bonds is 0. The van der Waals surface area contributed by atoms with Crippen LogP contribution >= 0.6 is 0 Å². The maximum Gasteiger partial charge on any atom is 0.415 e. The number of aryl methyl sites for hydroxylation is 1. The summed E-state index contributed by atoms with van der Waals surface area (Å²) < 4.78 is 5.09. The summed E-state index contributed by atoms with van der Waals surface area (Å²) in [6.45, 7) is 2.66. The van der Waals surface area contributed by atoms with Crippen LogP contribution in [0.5, 0.6) is 5.75 Å². The van der Waals surface area contributed by atoms with Crippen LogP contribution in [0.25, 0.3) is 0 Å². The van der Waals surface area contributed by atoms with Gasteiger partial charge in [0.25, 0.3) is 0 Å². The molecule has 13 heavy (non-hydrogen) atoms. The van der Waals surface area contributed by atoms with Crippen LogP contribution in [-0.4, -0.2) is 18.0 Å². The van der Waals surface area contributed by atoms with Gasteiger partial charge in [0, 0.05) is 12.6 Å². The molecule has 68 valence electrons. The second kappa shape index (κ2) is 2.76. The molecule has 1 aromatic carbocycles. The maximum absolute atomic E-state index is 11.1. The molecular weight excluding hydrogens is 166 g/mol. The first-order chi connectivity index (χ1) is 6.16. The molecule has 1 aliphatic rings. The van der Waals surface area contributed by atoms with Crippen LogP contribution in [0.1, 0.15) is 11.1 Å². The Balaban J connectivity index is 2.42. The van der Waals surface area contributed by atoms with Crippen molar-refractivity contribution in [3.05, 3.63) is 29.3 Å². The first kappa shape index (κ1) is 8.10. The first-order valence-electron chi connectivity index (χ1n) is 4.19. The predicted molar refractivity (Wildman–Crippen MR) is 48.7 cm³/mol. The lowest BCUT2D eigenvalue weighted by Gasteiger charge is -2.24. The minimum absolute atomic E-state index is 0.281. The van der Waals surface area contributed by atoms with Crippen LogP contribution in [0, 0.1) is 6.92 Å². The highest BCUT2D eigenvalue weighted by Crippen LogP contribution is 2.25. The van der Waals surface area contributed by atoms with Crippen molar-refractivity contribution in [2.75, 3.05) is 7.05 Å². The fourth-order valence-electron chi connectivity index (χ4n) is 1.42. The third kappa shape index (κ3) is 1.37. The summed E-state index contributed by atoms with van der Waals surface area (Å²) in [5, 5.41) is 0. The Bertz CT molecular complexity index is 360. The molecule has 1 aromatic rings. The van der Waals surface area contributed by atoms with Crippen molar-refractivity contribution in [3.63, 3.8) is 0 Å². The second-order valence-corrected chi connectivity index (χ2v) is 3.34. The number of hydrogen-bond acceptors (Lipinski definition) is 2. The van der Waals surface area contributed by atoms with Gasteiger partial charge in [0.05, 0.1) is 6.54 Å². The maximum atomic E-state index is 11.1. The Morgan fingerprint density at radius 1 is 1.46 bits per heavy atom. The van der Waals surface area contributed by atoms with Gasteiger partial charge in [0.15, 0.2) is 0 Å². The van der Waals surface area contributed by atoms with E-state index in [1.807, 2.05) is 25.1 Å². The Kier molecular flexibility index (Phi) is 1.72. The lowest BCUT2D eigenvalue weighted by Crippen LogP contribution is -2.33. The predicted octanol–water partition coefficient (Wildman–Crippen LogP) is 1.94. The summed E-state index contributed by atoms with van der Waals surface area (Å²) in [5.74, 6) is 0.689. The zero-order valence-electron chi connectivity index (χ0n) is 7.70. The molecule has 0 unspecified atom stereocenters. The van der Waals surface area contributed by atoms with E-state index < -0.39 is 0 Å².